The molecule has 4 heteroatoms. The highest BCUT2D eigenvalue weighted by Crippen LogP contribution is 2.24. The van der Waals surface area contributed by atoms with E-state index in [0.29, 0.717) is 12.3 Å². The molecule has 1 atom stereocenters. The van der Waals surface area contributed by atoms with Crippen LogP contribution in [0.3, 0.4) is 0 Å². The van der Waals surface area contributed by atoms with Gasteiger partial charge in [-0.25, -0.2) is 0 Å². The second kappa shape index (κ2) is 5.19. The van der Waals surface area contributed by atoms with Crippen LogP contribution in [-0.2, 0) is 9.53 Å². The van der Waals surface area contributed by atoms with E-state index in [1.165, 1.54) is 0 Å². The molecule has 1 amide bonds. The zero-order chi connectivity index (χ0) is 12.3. The van der Waals surface area contributed by atoms with Crippen LogP contribution in [0, 0.1) is 0 Å². The van der Waals surface area contributed by atoms with E-state index in [4.69, 9.17) is 10.5 Å². The van der Waals surface area contributed by atoms with Gasteiger partial charge in [0.1, 0.15) is 6.10 Å². The van der Waals surface area contributed by atoms with Crippen molar-refractivity contribution in [2.45, 2.75) is 25.4 Å². The minimum absolute atomic E-state index is 0.0115. The van der Waals surface area contributed by atoms with Crippen molar-refractivity contribution in [2.24, 2.45) is 0 Å². The highest BCUT2D eigenvalue weighted by molar-refractivity contribution is 5.98. The average molecular weight is 234 g/mol. The lowest BCUT2D eigenvalue weighted by atomic mass is 10.1. The smallest absolute Gasteiger partial charge is 0.255 e. The molecule has 0 radical (unpaired) electrons. The van der Waals surface area contributed by atoms with E-state index in [2.05, 4.69) is 0 Å². The molecular formula is C13H18N2O2. The van der Waals surface area contributed by atoms with Gasteiger partial charge in [-0.2, -0.15) is 0 Å². The molecule has 1 fully saturated rings. The number of para-hydroxylation sites is 2. The van der Waals surface area contributed by atoms with Crippen LogP contribution in [0.5, 0.6) is 0 Å². The van der Waals surface area contributed by atoms with E-state index in [0.717, 1.165) is 24.9 Å². The number of rotatable bonds is 2. The van der Waals surface area contributed by atoms with Crippen LogP contribution in [-0.4, -0.2) is 25.7 Å². The summed E-state index contributed by atoms with van der Waals surface area (Å²) >= 11 is 0. The molecule has 0 bridgehead atoms. The second-order valence-corrected chi connectivity index (χ2v) is 4.31. The third-order valence-electron chi connectivity index (χ3n) is 3.08. The predicted molar refractivity (Wildman–Crippen MR) is 67.9 cm³/mol. The van der Waals surface area contributed by atoms with Crippen LogP contribution in [0.25, 0.3) is 0 Å². The molecule has 0 spiro atoms. The highest BCUT2D eigenvalue weighted by atomic mass is 16.5. The first-order valence-electron chi connectivity index (χ1n) is 5.94. The molecular weight excluding hydrogens is 216 g/mol. The fourth-order valence-electron chi connectivity index (χ4n) is 2.06. The molecule has 1 aliphatic rings. The SMILES string of the molecule is CN(C(=O)C1CCCCO1)c1ccccc1N. The minimum atomic E-state index is -0.312. The fourth-order valence-corrected chi connectivity index (χ4v) is 2.06. The zero-order valence-electron chi connectivity index (χ0n) is 10.1. The Morgan fingerprint density at radius 1 is 1.41 bits per heavy atom. The summed E-state index contributed by atoms with van der Waals surface area (Å²) < 4.78 is 5.49. The summed E-state index contributed by atoms with van der Waals surface area (Å²) in [6.45, 7) is 0.675. The summed E-state index contributed by atoms with van der Waals surface area (Å²) in [4.78, 5) is 13.8. The lowest BCUT2D eigenvalue weighted by Gasteiger charge is -2.27. The molecule has 4 nitrogen and oxygen atoms in total. The number of hydrogen-bond acceptors (Lipinski definition) is 3. The Labute approximate surface area is 101 Å². The maximum absolute atomic E-state index is 12.2. The van der Waals surface area contributed by atoms with Crippen LogP contribution < -0.4 is 10.6 Å². The Kier molecular flexibility index (Phi) is 3.64. The van der Waals surface area contributed by atoms with Crippen molar-refractivity contribution in [2.75, 3.05) is 24.3 Å². The number of carbonyl (C=O) groups is 1. The number of hydrogen-bond donors (Lipinski definition) is 1. The molecule has 17 heavy (non-hydrogen) atoms. The zero-order valence-corrected chi connectivity index (χ0v) is 10.1. The van der Waals surface area contributed by atoms with Gasteiger partial charge in [-0.05, 0) is 31.4 Å². The lowest BCUT2D eigenvalue weighted by molar-refractivity contribution is -0.132. The molecule has 1 aliphatic heterocycles. The van der Waals surface area contributed by atoms with Crippen molar-refractivity contribution in [3.8, 4) is 0 Å². The summed E-state index contributed by atoms with van der Waals surface area (Å²) in [5.74, 6) is -0.0115. The number of benzene rings is 1. The monoisotopic (exact) mass is 234 g/mol. The van der Waals surface area contributed by atoms with Crippen LogP contribution in [0.2, 0.25) is 0 Å². The Morgan fingerprint density at radius 3 is 2.82 bits per heavy atom. The van der Waals surface area contributed by atoms with E-state index >= 15 is 0 Å². The van der Waals surface area contributed by atoms with Gasteiger partial charge in [0.25, 0.3) is 5.91 Å². The molecule has 92 valence electrons. The Hall–Kier alpha value is -1.55. The van der Waals surface area contributed by atoms with E-state index in [1.807, 2.05) is 18.2 Å². The first kappa shape index (κ1) is 11.9. The number of nitrogens with zero attached hydrogens (tertiary/aromatic N) is 1. The molecule has 1 heterocycles. The van der Waals surface area contributed by atoms with Gasteiger partial charge in [0.2, 0.25) is 0 Å². The van der Waals surface area contributed by atoms with Crippen molar-refractivity contribution < 1.29 is 9.53 Å². The molecule has 1 aromatic rings. The van der Waals surface area contributed by atoms with Crippen molar-refractivity contribution >= 4 is 17.3 Å². The molecule has 0 saturated carbocycles. The first-order chi connectivity index (χ1) is 8.20. The number of anilines is 2. The normalized spacial score (nSPS) is 19.9. The standard InChI is InChI=1S/C13H18N2O2/c1-15(11-7-3-2-6-10(11)14)13(16)12-8-4-5-9-17-12/h2-3,6-7,12H,4-5,8-9,14H2,1H3. The second-order valence-electron chi connectivity index (χ2n) is 4.31. The Morgan fingerprint density at radius 2 is 2.18 bits per heavy atom. The van der Waals surface area contributed by atoms with Crippen molar-refractivity contribution in [3.05, 3.63) is 24.3 Å². The van der Waals surface area contributed by atoms with Crippen LogP contribution in [0.15, 0.2) is 24.3 Å². The molecule has 2 N–H and O–H groups in total. The van der Waals surface area contributed by atoms with Crippen molar-refractivity contribution in [1.82, 2.24) is 0 Å². The van der Waals surface area contributed by atoms with E-state index in [-0.39, 0.29) is 12.0 Å². The number of nitrogens with two attached hydrogens (primary N) is 1. The number of amides is 1. The van der Waals surface area contributed by atoms with Gasteiger partial charge in [0.05, 0.1) is 11.4 Å². The number of likely N-dealkylation sites (N-methyl/N-ethyl adjacent to an activating group) is 1. The van der Waals surface area contributed by atoms with Crippen LogP contribution in [0.4, 0.5) is 11.4 Å². The Bertz CT molecular complexity index is 400. The predicted octanol–water partition coefficient (Wildman–Crippen LogP) is 1.80. The summed E-state index contributed by atoms with van der Waals surface area (Å²) in [6.07, 6.45) is 2.58. The quantitative estimate of drug-likeness (QED) is 0.794. The first-order valence-corrected chi connectivity index (χ1v) is 5.94. The number of nitrogen functional groups attached to an aromatic ring is 1. The molecule has 1 unspecified atom stereocenters. The van der Waals surface area contributed by atoms with Gasteiger partial charge in [-0.1, -0.05) is 12.1 Å². The van der Waals surface area contributed by atoms with Gasteiger partial charge in [0.15, 0.2) is 0 Å². The summed E-state index contributed by atoms with van der Waals surface area (Å²) in [5.41, 5.74) is 7.21. The molecule has 1 saturated heterocycles. The van der Waals surface area contributed by atoms with Crippen LogP contribution in [0.1, 0.15) is 19.3 Å². The summed E-state index contributed by atoms with van der Waals surface area (Å²) in [5, 5.41) is 0. The molecule has 2 rings (SSSR count). The maximum Gasteiger partial charge on any atom is 0.255 e. The largest absolute Gasteiger partial charge is 0.397 e. The summed E-state index contributed by atoms with van der Waals surface area (Å²) in [6, 6.07) is 7.36. The van der Waals surface area contributed by atoms with Gasteiger partial charge in [-0.15, -0.1) is 0 Å². The van der Waals surface area contributed by atoms with Gasteiger partial charge < -0.3 is 15.4 Å². The average Bonchev–Trinajstić information content (AvgIpc) is 2.39. The number of ether oxygens (including phenoxy) is 1. The third-order valence-corrected chi connectivity index (χ3v) is 3.08. The molecule has 1 aromatic carbocycles. The maximum atomic E-state index is 12.2. The fraction of sp³-hybridized carbons (Fsp3) is 0.462. The summed E-state index contributed by atoms with van der Waals surface area (Å²) in [7, 11) is 1.74. The minimum Gasteiger partial charge on any atom is -0.397 e. The Balaban J connectivity index is 2.11. The van der Waals surface area contributed by atoms with Gasteiger partial charge >= 0.3 is 0 Å². The van der Waals surface area contributed by atoms with E-state index in [1.54, 1.807) is 18.0 Å². The third kappa shape index (κ3) is 2.58. The highest BCUT2D eigenvalue weighted by Gasteiger charge is 2.26. The molecule has 0 aliphatic carbocycles. The van der Waals surface area contributed by atoms with Gasteiger partial charge in [-0.3, -0.25) is 4.79 Å². The molecule has 0 aromatic heterocycles. The van der Waals surface area contributed by atoms with Crippen molar-refractivity contribution in [3.63, 3.8) is 0 Å². The van der Waals surface area contributed by atoms with E-state index in [9.17, 15) is 4.79 Å². The van der Waals surface area contributed by atoms with Gasteiger partial charge in [0, 0.05) is 13.7 Å². The topological polar surface area (TPSA) is 55.6 Å². The van der Waals surface area contributed by atoms with E-state index < -0.39 is 0 Å². The van der Waals surface area contributed by atoms with Crippen molar-refractivity contribution in [1.29, 1.82) is 0 Å². The number of carbonyl (C=O) groups excluding carboxylic acids is 1. The lowest BCUT2D eigenvalue weighted by Crippen LogP contribution is -2.40. The van der Waals surface area contributed by atoms with Crippen LogP contribution >= 0.6 is 0 Å².